The van der Waals surface area contributed by atoms with Crippen LogP contribution in [0.25, 0.3) is 10.8 Å². The highest BCUT2D eigenvalue weighted by atomic mass is 32.2. The van der Waals surface area contributed by atoms with Crippen molar-refractivity contribution in [1.82, 2.24) is 5.06 Å². The number of amides is 2. The Hall–Kier alpha value is -2.46. The zero-order valence-electron chi connectivity index (χ0n) is 14.7. The second-order valence-electron chi connectivity index (χ2n) is 6.34. The van der Waals surface area contributed by atoms with Crippen molar-refractivity contribution in [3.63, 3.8) is 0 Å². The average Bonchev–Trinajstić information content (AvgIpc) is 2.63. The molecular weight excluding hydrogens is 399 g/mol. The highest BCUT2D eigenvalue weighted by Crippen LogP contribution is 2.34. The third kappa shape index (κ3) is 3.37. The lowest BCUT2D eigenvalue weighted by Crippen LogP contribution is -2.44. The number of unbranched alkanes of at least 4 members (excludes halogenated alkanes) is 2. The molecule has 3 rings (SSSR count). The van der Waals surface area contributed by atoms with Crippen LogP contribution in [0.15, 0.2) is 30.3 Å². The summed E-state index contributed by atoms with van der Waals surface area (Å²) in [6, 6.07) is 7.58. The molecule has 2 amide bonds. The van der Waals surface area contributed by atoms with Crippen molar-refractivity contribution in [2.24, 2.45) is 0 Å². The SMILES string of the molecule is CCCCCc1ccc2c3c(cccc13)C(=O)N(OS(=O)(=O)C(F)(F)F)C2=O. The van der Waals surface area contributed by atoms with Gasteiger partial charge in [-0.3, -0.25) is 9.59 Å². The molecule has 28 heavy (non-hydrogen) atoms. The Morgan fingerprint density at radius 2 is 1.64 bits per heavy atom. The van der Waals surface area contributed by atoms with Crippen LogP contribution in [0.1, 0.15) is 52.5 Å². The standard InChI is InChI=1S/C18H16F3NO5S/c1-2-3-4-6-11-9-10-14-15-12(11)7-5-8-13(15)16(23)22(17(14)24)27-28(25,26)18(19,20)21/h5,7-10H,2-4,6H2,1H3. The quantitative estimate of drug-likeness (QED) is 0.405. The summed E-state index contributed by atoms with van der Waals surface area (Å²) in [4.78, 5) is 25.1. The van der Waals surface area contributed by atoms with Crippen LogP contribution >= 0.6 is 0 Å². The third-order valence-corrected chi connectivity index (χ3v) is 5.38. The number of nitrogens with zero attached hydrogens (tertiary/aromatic N) is 1. The smallest absolute Gasteiger partial charge is 0.266 e. The van der Waals surface area contributed by atoms with Gasteiger partial charge < -0.3 is 0 Å². The van der Waals surface area contributed by atoms with Crippen LogP contribution in [0.2, 0.25) is 0 Å². The minimum Gasteiger partial charge on any atom is -0.266 e. The van der Waals surface area contributed by atoms with E-state index < -0.39 is 27.4 Å². The number of hydrogen-bond donors (Lipinski definition) is 0. The van der Waals surface area contributed by atoms with Gasteiger partial charge >= 0.3 is 15.6 Å². The van der Waals surface area contributed by atoms with Crippen LogP contribution in [0.3, 0.4) is 0 Å². The van der Waals surface area contributed by atoms with Crippen molar-refractivity contribution in [3.05, 3.63) is 47.0 Å². The molecule has 0 bridgehead atoms. The molecule has 0 saturated carbocycles. The second kappa shape index (κ2) is 7.17. The molecule has 6 nitrogen and oxygen atoms in total. The molecule has 2 aromatic rings. The molecule has 2 aromatic carbocycles. The fraction of sp³-hybridized carbons (Fsp3) is 0.333. The van der Waals surface area contributed by atoms with Gasteiger partial charge in [0.2, 0.25) is 0 Å². The Labute approximate surface area is 159 Å². The zero-order valence-corrected chi connectivity index (χ0v) is 15.6. The molecule has 0 unspecified atom stereocenters. The van der Waals surface area contributed by atoms with E-state index >= 15 is 0 Å². The van der Waals surface area contributed by atoms with Crippen molar-refractivity contribution in [2.45, 2.75) is 38.1 Å². The molecule has 0 radical (unpaired) electrons. The summed E-state index contributed by atoms with van der Waals surface area (Å²) >= 11 is 0. The van der Waals surface area contributed by atoms with Crippen molar-refractivity contribution in [2.75, 3.05) is 0 Å². The van der Waals surface area contributed by atoms with Gasteiger partial charge in [0.05, 0.1) is 11.1 Å². The third-order valence-electron chi connectivity index (χ3n) is 4.47. The fourth-order valence-electron chi connectivity index (χ4n) is 3.13. The average molecular weight is 415 g/mol. The number of imide groups is 1. The van der Waals surface area contributed by atoms with Gasteiger partial charge in [0.15, 0.2) is 0 Å². The Balaban J connectivity index is 2.07. The van der Waals surface area contributed by atoms with E-state index in [9.17, 15) is 31.2 Å². The van der Waals surface area contributed by atoms with E-state index in [0.717, 1.165) is 24.8 Å². The van der Waals surface area contributed by atoms with Crippen LogP contribution in [-0.2, 0) is 20.8 Å². The number of hydrogen-bond acceptors (Lipinski definition) is 5. The Kier molecular flexibility index (Phi) is 5.20. The van der Waals surface area contributed by atoms with E-state index in [2.05, 4.69) is 11.2 Å². The Bertz CT molecular complexity index is 1040. The topological polar surface area (TPSA) is 80.8 Å². The second-order valence-corrected chi connectivity index (χ2v) is 7.86. The van der Waals surface area contributed by atoms with Crippen LogP contribution in [0.5, 0.6) is 0 Å². The van der Waals surface area contributed by atoms with E-state index in [4.69, 9.17) is 0 Å². The maximum atomic E-state index is 12.6. The zero-order chi connectivity index (χ0) is 20.7. The van der Waals surface area contributed by atoms with Gasteiger partial charge in [-0.1, -0.05) is 38.0 Å². The van der Waals surface area contributed by atoms with Gasteiger partial charge in [0.1, 0.15) is 0 Å². The summed E-state index contributed by atoms with van der Waals surface area (Å²) in [5, 5.41) is 0.568. The van der Waals surface area contributed by atoms with Crippen LogP contribution in [-0.4, -0.2) is 30.8 Å². The first-order valence-corrected chi connectivity index (χ1v) is 9.93. The van der Waals surface area contributed by atoms with E-state index in [1.54, 1.807) is 12.1 Å². The number of carbonyl (C=O) groups excluding carboxylic acids is 2. The molecule has 1 aliphatic heterocycles. The molecule has 0 N–H and O–H groups in total. The first-order valence-electron chi connectivity index (χ1n) is 8.52. The number of aryl methyl sites for hydroxylation is 1. The fourth-order valence-corrected chi connectivity index (χ4v) is 3.54. The summed E-state index contributed by atoms with van der Waals surface area (Å²) in [5.41, 5.74) is -5.07. The van der Waals surface area contributed by atoms with Gasteiger partial charge in [-0.15, -0.1) is 9.35 Å². The van der Waals surface area contributed by atoms with Crippen molar-refractivity contribution in [1.29, 1.82) is 0 Å². The lowest BCUT2D eigenvalue weighted by Gasteiger charge is -2.26. The monoisotopic (exact) mass is 415 g/mol. The molecule has 0 fully saturated rings. The summed E-state index contributed by atoms with van der Waals surface area (Å²) in [6.07, 6.45) is 3.62. The van der Waals surface area contributed by atoms with Crippen LogP contribution in [0.4, 0.5) is 13.2 Å². The van der Waals surface area contributed by atoms with Gasteiger partial charge in [0.25, 0.3) is 11.8 Å². The van der Waals surface area contributed by atoms with Crippen molar-refractivity contribution >= 4 is 32.7 Å². The number of alkyl halides is 3. The van der Waals surface area contributed by atoms with E-state index in [1.165, 1.54) is 18.2 Å². The summed E-state index contributed by atoms with van der Waals surface area (Å²) < 4.78 is 64.2. The summed E-state index contributed by atoms with van der Waals surface area (Å²) in [7, 11) is -6.17. The molecule has 10 heteroatoms. The first-order chi connectivity index (χ1) is 13.1. The highest BCUT2D eigenvalue weighted by molar-refractivity contribution is 7.87. The van der Waals surface area contributed by atoms with Crippen LogP contribution < -0.4 is 0 Å². The predicted molar refractivity (Wildman–Crippen MR) is 93.7 cm³/mol. The minimum absolute atomic E-state index is 0.0955. The molecule has 1 aliphatic rings. The van der Waals surface area contributed by atoms with E-state index in [-0.39, 0.29) is 21.6 Å². The van der Waals surface area contributed by atoms with Gasteiger partial charge in [-0.05, 0) is 35.9 Å². The predicted octanol–water partition coefficient (Wildman–Crippen LogP) is 3.95. The van der Waals surface area contributed by atoms with Crippen LogP contribution in [0, 0.1) is 0 Å². The summed E-state index contributed by atoms with van der Waals surface area (Å²) in [5.74, 6) is -2.52. The number of benzene rings is 2. The van der Waals surface area contributed by atoms with Gasteiger partial charge in [-0.25, -0.2) is 0 Å². The van der Waals surface area contributed by atoms with Crippen molar-refractivity contribution < 1.29 is 35.5 Å². The lowest BCUT2D eigenvalue weighted by atomic mass is 9.90. The summed E-state index contributed by atoms with van der Waals surface area (Å²) in [6.45, 7) is 2.05. The Morgan fingerprint density at radius 1 is 1.00 bits per heavy atom. The number of hydroxylamine groups is 2. The first kappa shape index (κ1) is 20.3. The van der Waals surface area contributed by atoms with Gasteiger partial charge in [0, 0.05) is 5.39 Å². The normalized spacial score (nSPS) is 14.8. The maximum Gasteiger partial charge on any atom is 0.525 e. The lowest BCUT2D eigenvalue weighted by molar-refractivity contribution is -0.0761. The highest BCUT2D eigenvalue weighted by Gasteiger charge is 2.51. The van der Waals surface area contributed by atoms with E-state index in [0.29, 0.717) is 11.8 Å². The maximum absolute atomic E-state index is 12.6. The minimum atomic E-state index is -6.17. The molecule has 150 valence electrons. The number of carbonyl (C=O) groups is 2. The molecule has 0 aromatic heterocycles. The largest absolute Gasteiger partial charge is 0.525 e. The molecule has 0 atom stereocenters. The Morgan fingerprint density at radius 3 is 2.25 bits per heavy atom. The molecular formula is C18H16F3NO5S. The molecule has 0 spiro atoms. The molecule has 1 heterocycles. The number of halogens is 3. The van der Waals surface area contributed by atoms with E-state index in [1.807, 2.05) is 0 Å². The number of rotatable bonds is 6. The molecule has 0 saturated heterocycles. The molecule has 0 aliphatic carbocycles. The van der Waals surface area contributed by atoms with Crippen molar-refractivity contribution in [3.8, 4) is 0 Å². The van der Waals surface area contributed by atoms with Gasteiger partial charge in [-0.2, -0.15) is 21.6 Å².